The molecule has 5 nitrogen and oxygen atoms in total. The molecule has 0 spiro atoms. The van der Waals surface area contributed by atoms with Crippen LogP contribution < -0.4 is 0 Å². The maximum absolute atomic E-state index is 10.6. The molecule has 13 heavy (non-hydrogen) atoms. The fraction of sp³-hybridized carbons (Fsp3) is 0.750. The molecule has 0 rings (SSSR count). The van der Waals surface area contributed by atoms with E-state index in [1.54, 1.807) is 0 Å². The summed E-state index contributed by atoms with van der Waals surface area (Å²) >= 11 is 0. The largest absolute Gasteiger partial charge is 0.481 e. The molecule has 0 aliphatic heterocycles. The van der Waals surface area contributed by atoms with E-state index < -0.39 is 23.5 Å². The van der Waals surface area contributed by atoms with Crippen molar-refractivity contribution in [2.45, 2.75) is 32.3 Å². The first-order chi connectivity index (χ1) is 5.90. The van der Waals surface area contributed by atoms with Crippen LogP contribution in [-0.2, 0) is 9.59 Å². The summed E-state index contributed by atoms with van der Waals surface area (Å²) in [7, 11) is 0. The molecule has 0 saturated carbocycles. The smallest absolute Gasteiger partial charge is 0.336 e. The van der Waals surface area contributed by atoms with Crippen LogP contribution in [0.1, 0.15) is 26.7 Å². The summed E-state index contributed by atoms with van der Waals surface area (Å²) in [6.07, 6.45) is -0.0287. The summed E-state index contributed by atoms with van der Waals surface area (Å²) in [4.78, 5) is 21.3. The lowest BCUT2D eigenvalue weighted by molar-refractivity contribution is -0.175. The van der Waals surface area contributed by atoms with Crippen LogP contribution in [0.2, 0.25) is 0 Å². The molecule has 0 aromatic heterocycles. The molecule has 0 fully saturated rings. The second kappa shape index (κ2) is 4.23. The van der Waals surface area contributed by atoms with Crippen molar-refractivity contribution in [1.29, 1.82) is 0 Å². The summed E-state index contributed by atoms with van der Waals surface area (Å²) < 4.78 is 0. The van der Waals surface area contributed by atoms with Gasteiger partial charge in [0, 0.05) is 0 Å². The van der Waals surface area contributed by atoms with Gasteiger partial charge in [-0.3, -0.25) is 4.79 Å². The lowest BCUT2D eigenvalue weighted by Gasteiger charge is -2.27. The molecule has 1 unspecified atom stereocenters. The first-order valence-electron chi connectivity index (χ1n) is 4.08. The third kappa shape index (κ3) is 2.18. The van der Waals surface area contributed by atoms with Crippen molar-refractivity contribution in [3.63, 3.8) is 0 Å². The van der Waals surface area contributed by atoms with Gasteiger partial charge in [-0.1, -0.05) is 13.8 Å². The van der Waals surface area contributed by atoms with Gasteiger partial charge in [-0.15, -0.1) is 0 Å². The van der Waals surface area contributed by atoms with Crippen molar-refractivity contribution >= 4 is 11.9 Å². The molecule has 0 aliphatic carbocycles. The quantitative estimate of drug-likeness (QED) is 0.580. The van der Waals surface area contributed by atoms with Gasteiger partial charge < -0.3 is 15.3 Å². The number of carbonyl (C=O) groups is 2. The highest BCUT2D eigenvalue weighted by Gasteiger charge is 2.45. The van der Waals surface area contributed by atoms with Crippen LogP contribution in [0.15, 0.2) is 0 Å². The van der Waals surface area contributed by atoms with E-state index in [0.29, 0.717) is 0 Å². The topological polar surface area (TPSA) is 94.8 Å². The van der Waals surface area contributed by atoms with Crippen LogP contribution in [0, 0.1) is 5.92 Å². The average Bonchev–Trinajstić information content (AvgIpc) is 2.04. The van der Waals surface area contributed by atoms with Gasteiger partial charge in [0.2, 0.25) is 0 Å². The van der Waals surface area contributed by atoms with Gasteiger partial charge in [0.1, 0.15) is 0 Å². The molecule has 0 aromatic carbocycles. The lowest BCUT2D eigenvalue weighted by Crippen LogP contribution is -2.48. The number of carboxylic acid groups (broad SMARTS) is 2. The van der Waals surface area contributed by atoms with Crippen molar-refractivity contribution in [3.05, 3.63) is 0 Å². The Labute approximate surface area is 76.0 Å². The summed E-state index contributed by atoms with van der Waals surface area (Å²) in [5.41, 5.74) is -2.15. The summed E-state index contributed by atoms with van der Waals surface area (Å²) in [6.45, 7) is 2.97. The zero-order chi connectivity index (χ0) is 10.6. The van der Waals surface area contributed by atoms with Gasteiger partial charge in [-0.2, -0.15) is 0 Å². The number of rotatable bonds is 5. The second-order valence-electron chi connectivity index (χ2n) is 2.88. The van der Waals surface area contributed by atoms with Crippen molar-refractivity contribution in [3.8, 4) is 0 Å². The lowest BCUT2D eigenvalue weighted by atomic mass is 9.83. The Balaban J connectivity index is 4.91. The van der Waals surface area contributed by atoms with E-state index in [9.17, 15) is 14.7 Å². The molecule has 0 aromatic rings. The van der Waals surface area contributed by atoms with E-state index in [1.807, 2.05) is 0 Å². The predicted octanol–water partition coefficient (Wildman–Crippen LogP) is 0.323. The van der Waals surface area contributed by atoms with E-state index in [2.05, 4.69) is 0 Å². The Morgan fingerprint density at radius 2 is 1.77 bits per heavy atom. The Bertz CT molecular complexity index is 213. The van der Waals surface area contributed by atoms with Crippen LogP contribution >= 0.6 is 0 Å². The Kier molecular flexibility index (Phi) is 3.87. The van der Waals surface area contributed by atoms with Crippen molar-refractivity contribution in [1.82, 2.24) is 0 Å². The number of aliphatic carboxylic acids is 2. The average molecular weight is 190 g/mol. The van der Waals surface area contributed by atoms with Gasteiger partial charge in [-0.25, -0.2) is 4.79 Å². The second-order valence-corrected chi connectivity index (χ2v) is 2.88. The minimum absolute atomic E-state index is 0.0893. The molecular formula is C8H14O5. The van der Waals surface area contributed by atoms with Crippen molar-refractivity contribution in [2.75, 3.05) is 0 Å². The zero-order valence-corrected chi connectivity index (χ0v) is 7.65. The van der Waals surface area contributed by atoms with Gasteiger partial charge >= 0.3 is 11.9 Å². The van der Waals surface area contributed by atoms with Crippen LogP contribution in [0.3, 0.4) is 0 Å². The third-order valence-electron chi connectivity index (χ3n) is 2.19. The predicted molar refractivity (Wildman–Crippen MR) is 44.3 cm³/mol. The zero-order valence-electron chi connectivity index (χ0n) is 7.65. The maximum Gasteiger partial charge on any atom is 0.336 e. The van der Waals surface area contributed by atoms with E-state index in [4.69, 9.17) is 10.2 Å². The van der Waals surface area contributed by atoms with Gasteiger partial charge in [-0.05, 0) is 12.8 Å². The van der Waals surface area contributed by atoms with Crippen LogP contribution in [0.4, 0.5) is 0 Å². The molecule has 0 bridgehead atoms. The van der Waals surface area contributed by atoms with E-state index in [1.165, 1.54) is 13.8 Å². The molecule has 5 heteroatoms. The molecule has 0 saturated heterocycles. The highest BCUT2D eigenvalue weighted by Crippen LogP contribution is 2.25. The molecule has 0 heterocycles. The first kappa shape index (κ1) is 11.9. The minimum Gasteiger partial charge on any atom is -0.481 e. The Morgan fingerprint density at radius 3 is 1.85 bits per heavy atom. The van der Waals surface area contributed by atoms with Crippen molar-refractivity contribution in [2.24, 2.45) is 5.92 Å². The number of aliphatic hydroxyl groups is 1. The monoisotopic (exact) mass is 190 g/mol. The van der Waals surface area contributed by atoms with Crippen LogP contribution in [-0.4, -0.2) is 32.9 Å². The van der Waals surface area contributed by atoms with Gasteiger partial charge in [0.05, 0.1) is 5.92 Å². The minimum atomic E-state index is -2.15. The normalized spacial score (nSPS) is 17.5. The first-order valence-corrected chi connectivity index (χ1v) is 4.08. The van der Waals surface area contributed by atoms with Gasteiger partial charge in [0.15, 0.2) is 5.60 Å². The van der Waals surface area contributed by atoms with Crippen molar-refractivity contribution < 1.29 is 24.9 Å². The highest BCUT2D eigenvalue weighted by molar-refractivity contribution is 5.85. The molecule has 0 aliphatic rings. The van der Waals surface area contributed by atoms with E-state index in [0.717, 1.165) is 0 Å². The molecular weight excluding hydrogens is 176 g/mol. The SMILES string of the molecule is CCC(C(=O)O)[C@@](O)(CC)C(=O)O. The molecule has 0 radical (unpaired) electrons. The van der Waals surface area contributed by atoms with E-state index >= 15 is 0 Å². The Hall–Kier alpha value is -1.10. The fourth-order valence-electron chi connectivity index (χ4n) is 1.26. The third-order valence-corrected chi connectivity index (χ3v) is 2.19. The van der Waals surface area contributed by atoms with Crippen LogP contribution in [0.5, 0.6) is 0 Å². The standard InChI is InChI=1S/C8H14O5/c1-3-5(6(9)10)8(13,4-2)7(11)12/h5,13H,3-4H2,1-2H3,(H,9,10)(H,11,12)/t5?,8-/m0/s1. The number of carboxylic acids is 2. The molecule has 76 valence electrons. The molecule has 2 atom stereocenters. The molecule has 3 N–H and O–H groups in total. The molecule has 0 amide bonds. The maximum atomic E-state index is 10.6. The highest BCUT2D eigenvalue weighted by atomic mass is 16.4. The van der Waals surface area contributed by atoms with Crippen LogP contribution in [0.25, 0.3) is 0 Å². The number of hydrogen-bond acceptors (Lipinski definition) is 3. The summed E-state index contributed by atoms with van der Waals surface area (Å²) in [6, 6.07) is 0. The Morgan fingerprint density at radius 1 is 1.31 bits per heavy atom. The fourth-order valence-corrected chi connectivity index (χ4v) is 1.26. The summed E-state index contributed by atoms with van der Waals surface area (Å²) in [5.74, 6) is -4.02. The van der Waals surface area contributed by atoms with Gasteiger partial charge in [0.25, 0.3) is 0 Å². The summed E-state index contributed by atoms with van der Waals surface area (Å²) in [5, 5.41) is 26.9. The van der Waals surface area contributed by atoms with E-state index in [-0.39, 0.29) is 12.8 Å². The number of hydrogen-bond donors (Lipinski definition) is 3.